The van der Waals surface area contributed by atoms with Gasteiger partial charge in [0, 0.05) is 12.6 Å². The molecule has 0 amide bonds. The molecule has 1 saturated heterocycles. The van der Waals surface area contributed by atoms with Crippen LogP contribution in [-0.2, 0) is 4.74 Å². The highest BCUT2D eigenvalue weighted by Crippen LogP contribution is 2.11. The molecule has 1 unspecified atom stereocenters. The zero-order chi connectivity index (χ0) is 9.52. The predicted molar refractivity (Wildman–Crippen MR) is 54.8 cm³/mol. The van der Waals surface area contributed by atoms with Crippen LogP contribution in [0.4, 0.5) is 0 Å². The van der Waals surface area contributed by atoms with Gasteiger partial charge in [0.05, 0.1) is 6.61 Å². The van der Waals surface area contributed by atoms with Gasteiger partial charge in [-0.05, 0) is 45.8 Å². The van der Waals surface area contributed by atoms with E-state index in [2.05, 4.69) is 11.8 Å². The van der Waals surface area contributed by atoms with E-state index < -0.39 is 0 Å². The van der Waals surface area contributed by atoms with Crippen LogP contribution in [0.3, 0.4) is 0 Å². The number of nitrogens with zero attached hydrogens (tertiary/aromatic N) is 1. The number of hydrogen-bond donors (Lipinski definition) is 1. The van der Waals surface area contributed by atoms with Gasteiger partial charge in [0.2, 0.25) is 0 Å². The maximum absolute atomic E-state index is 5.53. The first-order chi connectivity index (χ1) is 6.34. The molecule has 1 aliphatic rings. The molecule has 0 bridgehead atoms. The number of likely N-dealkylation sites (tertiary alicyclic amines) is 1. The first-order valence-corrected chi connectivity index (χ1v) is 5.36. The molecule has 0 saturated carbocycles. The van der Waals surface area contributed by atoms with Gasteiger partial charge in [0.25, 0.3) is 0 Å². The molecule has 0 aromatic heterocycles. The third kappa shape index (κ3) is 4.07. The Kier molecular flexibility index (Phi) is 5.35. The fourth-order valence-corrected chi connectivity index (χ4v) is 1.73. The minimum atomic E-state index is 0.584. The molecule has 3 heteroatoms. The summed E-state index contributed by atoms with van der Waals surface area (Å²) in [5.41, 5.74) is 5.38. The van der Waals surface area contributed by atoms with E-state index in [1.807, 2.05) is 0 Å². The van der Waals surface area contributed by atoms with Crippen molar-refractivity contribution in [1.29, 1.82) is 0 Å². The van der Waals surface area contributed by atoms with Gasteiger partial charge >= 0.3 is 0 Å². The summed E-state index contributed by atoms with van der Waals surface area (Å²) in [6.07, 6.45) is 3.69. The largest absolute Gasteiger partial charge is 0.380 e. The van der Waals surface area contributed by atoms with Crippen molar-refractivity contribution in [2.45, 2.75) is 32.2 Å². The van der Waals surface area contributed by atoms with Crippen LogP contribution >= 0.6 is 0 Å². The van der Waals surface area contributed by atoms with Gasteiger partial charge < -0.3 is 10.5 Å². The molecule has 2 N–H and O–H groups in total. The molecule has 1 heterocycles. The van der Waals surface area contributed by atoms with Crippen molar-refractivity contribution >= 4 is 0 Å². The van der Waals surface area contributed by atoms with Gasteiger partial charge in [-0.3, -0.25) is 4.90 Å². The second kappa shape index (κ2) is 6.35. The lowest BCUT2D eigenvalue weighted by atomic mass is 10.3. The Balaban J connectivity index is 1.99. The molecule has 13 heavy (non-hydrogen) atoms. The normalized spacial score (nSPS) is 20.8. The van der Waals surface area contributed by atoms with Crippen molar-refractivity contribution in [3.8, 4) is 0 Å². The second-order valence-electron chi connectivity index (χ2n) is 3.81. The monoisotopic (exact) mass is 186 g/mol. The van der Waals surface area contributed by atoms with Crippen LogP contribution in [0.5, 0.6) is 0 Å². The van der Waals surface area contributed by atoms with Crippen LogP contribution in [0.1, 0.15) is 26.2 Å². The van der Waals surface area contributed by atoms with Gasteiger partial charge in [-0.25, -0.2) is 0 Å². The zero-order valence-electron chi connectivity index (χ0n) is 8.67. The van der Waals surface area contributed by atoms with E-state index in [1.54, 1.807) is 0 Å². The molecule has 3 nitrogen and oxygen atoms in total. The van der Waals surface area contributed by atoms with Crippen molar-refractivity contribution in [3.05, 3.63) is 0 Å². The van der Waals surface area contributed by atoms with Crippen LogP contribution in [0.15, 0.2) is 0 Å². The summed E-state index contributed by atoms with van der Waals surface area (Å²) < 4.78 is 5.53. The Labute approximate surface area is 81.2 Å². The third-order valence-corrected chi connectivity index (χ3v) is 2.62. The molecule has 0 aromatic carbocycles. The fourth-order valence-electron chi connectivity index (χ4n) is 1.73. The molecule has 0 aliphatic carbocycles. The Bertz CT molecular complexity index is 124. The van der Waals surface area contributed by atoms with Crippen molar-refractivity contribution in [1.82, 2.24) is 4.90 Å². The summed E-state index contributed by atoms with van der Waals surface area (Å²) in [7, 11) is 0. The molecule has 1 aliphatic heterocycles. The third-order valence-electron chi connectivity index (χ3n) is 2.62. The molecule has 1 fully saturated rings. The van der Waals surface area contributed by atoms with E-state index in [4.69, 9.17) is 10.5 Å². The number of nitrogens with two attached hydrogens (primary N) is 1. The lowest BCUT2D eigenvalue weighted by Crippen LogP contribution is -2.34. The smallest absolute Gasteiger partial charge is 0.0619 e. The van der Waals surface area contributed by atoms with Gasteiger partial charge in [0.15, 0.2) is 0 Å². The van der Waals surface area contributed by atoms with Crippen LogP contribution in [0, 0.1) is 0 Å². The summed E-state index contributed by atoms with van der Waals surface area (Å²) in [6, 6.07) is 0.584. The molecule has 1 rings (SSSR count). The molecule has 78 valence electrons. The Morgan fingerprint density at radius 3 is 2.69 bits per heavy atom. The predicted octanol–water partition coefficient (Wildman–Crippen LogP) is 0.836. The quantitative estimate of drug-likeness (QED) is 0.625. The molecule has 0 aromatic rings. The first-order valence-electron chi connectivity index (χ1n) is 5.36. The summed E-state index contributed by atoms with van der Waals surface area (Å²) in [5.74, 6) is 0. The highest BCUT2D eigenvalue weighted by molar-refractivity contribution is 4.72. The number of ether oxygens (including phenoxy) is 1. The topological polar surface area (TPSA) is 38.5 Å². The standard InChI is InChI=1S/C10H22N2O/c1-10(9-13-8-4-5-11)12-6-2-3-7-12/h10H,2-9,11H2,1H3. The van der Waals surface area contributed by atoms with Gasteiger partial charge in [-0.1, -0.05) is 0 Å². The average molecular weight is 186 g/mol. The maximum Gasteiger partial charge on any atom is 0.0619 e. The highest BCUT2D eigenvalue weighted by atomic mass is 16.5. The van der Waals surface area contributed by atoms with Crippen LogP contribution in [-0.4, -0.2) is 43.8 Å². The fraction of sp³-hybridized carbons (Fsp3) is 1.00. The van der Waals surface area contributed by atoms with Crippen molar-refractivity contribution in [2.24, 2.45) is 5.73 Å². The second-order valence-corrected chi connectivity index (χ2v) is 3.81. The highest BCUT2D eigenvalue weighted by Gasteiger charge is 2.17. The summed E-state index contributed by atoms with van der Waals surface area (Å²) >= 11 is 0. The van der Waals surface area contributed by atoms with Crippen molar-refractivity contribution < 1.29 is 4.74 Å². The number of hydrogen-bond acceptors (Lipinski definition) is 3. The van der Waals surface area contributed by atoms with Gasteiger partial charge in [-0.15, -0.1) is 0 Å². The van der Waals surface area contributed by atoms with E-state index in [1.165, 1.54) is 25.9 Å². The Morgan fingerprint density at radius 1 is 1.38 bits per heavy atom. The summed E-state index contributed by atoms with van der Waals surface area (Å²) in [5, 5.41) is 0. The SMILES string of the molecule is CC(COCCCN)N1CCCC1. The van der Waals surface area contributed by atoms with E-state index >= 15 is 0 Å². The van der Waals surface area contributed by atoms with E-state index in [9.17, 15) is 0 Å². The first kappa shape index (κ1) is 11.0. The molecular weight excluding hydrogens is 164 g/mol. The zero-order valence-corrected chi connectivity index (χ0v) is 8.67. The minimum absolute atomic E-state index is 0.584. The van der Waals surface area contributed by atoms with Gasteiger partial charge in [0.1, 0.15) is 0 Å². The lowest BCUT2D eigenvalue weighted by Gasteiger charge is -2.23. The Morgan fingerprint density at radius 2 is 2.08 bits per heavy atom. The van der Waals surface area contributed by atoms with E-state index in [0.717, 1.165) is 26.2 Å². The minimum Gasteiger partial charge on any atom is -0.380 e. The summed E-state index contributed by atoms with van der Waals surface area (Å²) in [6.45, 7) is 7.16. The van der Waals surface area contributed by atoms with E-state index in [0.29, 0.717) is 6.04 Å². The lowest BCUT2D eigenvalue weighted by molar-refractivity contribution is 0.0758. The van der Waals surface area contributed by atoms with Crippen LogP contribution in [0.25, 0.3) is 0 Å². The number of rotatable bonds is 6. The maximum atomic E-state index is 5.53. The molecular formula is C10H22N2O. The van der Waals surface area contributed by atoms with Crippen LogP contribution < -0.4 is 5.73 Å². The Hall–Kier alpha value is -0.120. The summed E-state index contributed by atoms with van der Waals surface area (Å²) in [4.78, 5) is 2.50. The van der Waals surface area contributed by atoms with Crippen LogP contribution in [0.2, 0.25) is 0 Å². The average Bonchev–Trinajstić information content (AvgIpc) is 2.65. The van der Waals surface area contributed by atoms with E-state index in [-0.39, 0.29) is 0 Å². The van der Waals surface area contributed by atoms with Crippen molar-refractivity contribution in [2.75, 3.05) is 32.8 Å². The molecule has 1 atom stereocenters. The van der Waals surface area contributed by atoms with Crippen molar-refractivity contribution in [3.63, 3.8) is 0 Å². The van der Waals surface area contributed by atoms with Gasteiger partial charge in [-0.2, -0.15) is 0 Å². The molecule has 0 spiro atoms. The molecule has 0 radical (unpaired) electrons.